The summed E-state index contributed by atoms with van der Waals surface area (Å²) in [5.74, 6) is -0.186. The quantitative estimate of drug-likeness (QED) is 0.494. The Morgan fingerprint density at radius 3 is 1.91 bits per heavy atom. The lowest BCUT2D eigenvalue weighted by Gasteiger charge is -2.34. The molecule has 4 rings (SSSR count). The van der Waals surface area contributed by atoms with Crippen LogP contribution in [-0.2, 0) is 19.6 Å². The van der Waals surface area contributed by atoms with Gasteiger partial charge in [0, 0.05) is 51.4 Å². The Labute approximate surface area is 205 Å². The van der Waals surface area contributed by atoms with Gasteiger partial charge in [-0.05, 0) is 46.8 Å². The maximum Gasteiger partial charge on any atom is 0.261 e. The van der Waals surface area contributed by atoms with Crippen LogP contribution in [-0.4, -0.2) is 54.3 Å². The van der Waals surface area contributed by atoms with Crippen LogP contribution in [0, 0.1) is 0 Å². The van der Waals surface area contributed by atoms with Crippen molar-refractivity contribution >= 4 is 23.2 Å². The van der Waals surface area contributed by atoms with E-state index in [0.29, 0.717) is 23.5 Å². The van der Waals surface area contributed by atoms with Gasteiger partial charge in [-0.3, -0.25) is 14.5 Å². The molecular formula is C27H32N4O2S. The average Bonchev–Trinajstić information content (AvgIpc) is 3.43. The molecule has 1 aliphatic rings. The molecule has 178 valence electrons. The number of hydrogen-bond acceptors (Lipinski definition) is 5. The third-order valence-corrected chi connectivity index (χ3v) is 7.08. The van der Waals surface area contributed by atoms with Gasteiger partial charge in [-0.25, -0.2) is 0 Å². The third-order valence-electron chi connectivity index (χ3n) is 6.21. The number of nitrogens with zero attached hydrogens (tertiary/aromatic N) is 2. The number of rotatable bonds is 9. The molecule has 0 unspecified atom stereocenters. The Morgan fingerprint density at radius 2 is 1.32 bits per heavy atom. The van der Waals surface area contributed by atoms with E-state index in [1.54, 1.807) is 18.2 Å². The normalized spacial score (nSPS) is 14.6. The van der Waals surface area contributed by atoms with Gasteiger partial charge in [0.2, 0.25) is 0 Å². The minimum atomic E-state index is -0.105. The minimum absolute atomic E-state index is 0.0816. The van der Waals surface area contributed by atoms with Crippen molar-refractivity contribution in [3.8, 4) is 0 Å². The topological polar surface area (TPSA) is 64.7 Å². The fraction of sp³-hybridized carbons (Fsp3) is 0.333. The smallest absolute Gasteiger partial charge is 0.261 e. The van der Waals surface area contributed by atoms with E-state index in [-0.39, 0.29) is 11.8 Å². The van der Waals surface area contributed by atoms with Crippen molar-refractivity contribution in [2.75, 3.05) is 32.7 Å². The first-order chi connectivity index (χ1) is 16.6. The SMILES string of the molecule is CCN1CCN(Cc2ccc(CNC(=O)c3ccc(CNC(=O)c4cccs4)cc3)cc2)CC1. The second-order valence-corrected chi connectivity index (χ2v) is 9.51. The summed E-state index contributed by atoms with van der Waals surface area (Å²) in [6, 6.07) is 19.5. The molecule has 3 aromatic rings. The second kappa shape index (κ2) is 11.9. The van der Waals surface area contributed by atoms with E-state index in [9.17, 15) is 9.59 Å². The van der Waals surface area contributed by atoms with E-state index in [2.05, 4.69) is 51.6 Å². The Morgan fingerprint density at radius 1 is 0.765 bits per heavy atom. The minimum Gasteiger partial charge on any atom is -0.348 e. The van der Waals surface area contributed by atoms with Gasteiger partial charge in [0.25, 0.3) is 11.8 Å². The summed E-state index contributed by atoms with van der Waals surface area (Å²) in [7, 11) is 0. The molecule has 0 atom stereocenters. The Kier molecular flexibility index (Phi) is 8.46. The summed E-state index contributed by atoms with van der Waals surface area (Å²) in [4.78, 5) is 30.3. The van der Waals surface area contributed by atoms with Gasteiger partial charge in [0.15, 0.2) is 0 Å². The average molecular weight is 477 g/mol. The standard InChI is InChI=1S/C27H32N4O2S/c1-2-30-13-15-31(16-14-30)20-23-7-5-21(6-8-23)18-28-26(32)24-11-9-22(10-12-24)19-29-27(33)25-4-3-17-34-25/h3-12,17H,2,13-16,18-20H2,1H3,(H,28,32)(H,29,33). The van der Waals surface area contributed by atoms with Crippen molar-refractivity contribution in [2.45, 2.75) is 26.6 Å². The molecule has 1 aromatic heterocycles. The first kappa shape index (κ1) is 24.1. The number of benzene rings is 2. The van der Waals surface area contributed by atoms with Gasteiger partial charge >= 0.3 is 0 Å². The predicted octanol–water partition coefficient (Wildman–Crippen LogP) is 3.75. The summed E-state index contributed by atoms with van der Waals surface area (Å²) < 4.78 is 0. The van der Waals surface area contributed by atoms with Crippen LogP contribution in [0.25, 0.3) is 0 Å². The van der Waals surface area contributed by atoms with Gasteiger partial charge in [-0.2, -0.15) is 0 Å². The molecule has 7 heteroatoms. The summed E-state index contributed by atoms with van der Waals surface area (Å²) in [6.45, 7) is 9.77. The summed E-state index contributed by atoms with van der Waals surface area (Å²) in [5.41, 5.74) is 3.95. The molecule has 0 radical (unpaired) electrons. The van der Waals surface area contributed by atoms with E-state index >= 15 is 0 Å². The Hall–Kier alpha value is -3.00. The Balaban J connectivity index is 1.20. The van der Waals surface area contributed by atoms with Gasteiger partial charge in [-0.15, -0.1) is 11.3 Å². The molecule has 0 aliphatic carbocycles. The molecule has 2 heterocycles. The van der Waals surface area contributed by atoms with Crippen molar-refractivity contribution in [1.29, 1.82) is 0 Å². The van der Waals surface area contributed by atoms with Crippen molar-refractivity contribution < 1.29 is 9.59 Å². The van der Waals surface area contributed by atoms with Crippen LogP contribution in [0.15, 0.2) is 66.0 Å². The van der Waals surface area contributed by atoms with E-state index in [4.69, 9.17) is 0 Å². The van der Waals surface area contributed by atoms with Gasteiger partial charge in [0.1, 0.15) is 0 Å². The molecule has 6 nitrogen and oxygen atoms in total. The molecule has 2 N–H and O–H groups in total. The molecule has 1 fully saturated rings. The number of thiophene rings is 1. The molecule has 2 amide bonds. The van der Waals surface area contributed by atoms with Crippen LogP contribution in [0.4, 0.5) is 0 Å². The van der Waals surface area contributed by atoms with Crippen LogP contribution in [0.3, 0.4) is 0 Å². The van der Waals surface area contributed by atoms with Crippen molar-refractivity contribution in [3.63, 3.8) is 0 Å². The zero-order chi connectivity index (χ0) is 23.8. The van der Waals surface area contributed by atoms with E-state index < -0.39 is 0 Å². The molecule has 34 heavy (non-hydrogen) atoms. The van der Waals surface area contributed by atoms with Gasteiger partial charge < -0.3 is 15.5 Å². The fourth-order valence-corrected chi connectivity index (χ4v) is 4.66. The van der Waals surface area contributed by atoms with Crippen LogP contribution in [0.5, 0.6) is 0 Å². The molecule has 2 aromatic carbocycles. The number of likely N-dealkylation sites (N-methyl/N-ethyl adjacent to an activating group) is 1. The highest BCUT2D eigenvalue weighted by Gasteiger charge is 2.15. The van der Waals surface area contributed by atoms with Crippen molar-refractivity contribution in [2.24, 2.45) is 0 Å². The lowest BCUT2D eigenvalue weighted by atomic mass is 10.1. The maximum absolute atomic E-state index is 12.5. The number of carbonyl (C=O) groups is 2. The lowest BCUT2D eigenvalue weighted by molar-refractivity contribution is 0.0943. The van der Waals surface area contributed by atoms with Crippen LogP contribution < -0.4 is 10.6 Å². The first-order valence-electron chi connectivity index (χ1n) is 11.8. The molecular weight excluding hydrogens is 444 g/mol. The fourth-order valence-electron chi connectivity index (χ4n) is 4.02. The lowest BCUT2D eigenvalue weighted by Crippen LogP contribution is -2.45. The number of piperazine rings is 1. The van der Waals surface area contributed by atoms with E-state index in [1.807, 2.05) is 23.6 Å². The van der Waals surface area contributed by atoms with Crippen LogP contribution in [0.1, 0.15) is 43.6 Å². The van der Waals surface area contributed by atoms with Crippen LogP contribution >= 0.6 is 11.3 Å². The predicted molar refractivity (Wildman–Crippen MR) is 137 cm³/mol. The Bertz CT molecular complexity index is 1060. The zero-order valence-electron chi connectivity index (χ0n) is 19.6. The second-order valence-electron chi connectivity index (χ2n) is 8.57. The molecule has 1 saturated heterocycles. The van der Waals surface area contributed by atoms with Crippen LogP contribution in [0.2, 0.25) is 0 Å². The summed E-state index contributed by atoms with van der Waals surface area (Å²) in [6.07, 6.45) is 0. The number of carbonyl (C=O) groups excluding carboxylic acids is 2. The van der Waals surface area contributed by atoms with Crippen molar-refractivity contribution in [1.82, 2.24) is 20.4 Å². The zero-order valence-corrected chi connectivity index (χ0v) is 20.4. The molecule has 0 bridgehead atoms. The molecule has 0 spiro atoms. The maximum atomic E-state index is 12.5. The molecule has 0 saturated carbocycles. The van der Waals surface area contributed by atoms with Gasteiger partial charge in [0.05, 0.1) is 4.88 Å². The van der Waals surface area contributed by atoms with E-state index in [1.165, 1.54) is 16.9 Å². The molecule has 1 aliphatic heterocycles. The largest absolute Gasteiger partial charge is 0.348 e. The van der Waals surface area contributed by atoms with E-state index in [0.717, 1.165) is 50.4 Å². The third kappa shape index (κ3) is 6.76. The summed E-state index contributed by atoms with van der Waals surface area (Å²) >= 11 is 1.42. The number of hydrogen-bond donors (Lipinski definition) is 2. The van der Waals surface area contributed by atoms with Crippen molar-refractivity contribution in [3.05, 3.63) is 93.2 Å². The summed E-state index contributed by atoms with van der Waals surface area (Å²) in [5, 5.41) is 7.77. The van der Waals surface area contributed by atoms with Gasteiger partial charge in [-0.1, -0.05) is 49.4 Å². The number of nitrogens with one attached hydrogen (secondary N) is 2. The highest BCUT2D eigenvalue weighted by Crippen LogP contribution is 2.12. The highest BCUT2D eigenvalue weighted by molar-refractivity contribution is 7.12. The highest BCUT2D eigenvalue weighted by atomic mass is 32.1. The first-order valence-corrected chi connectivity index (χ1v) is 12.7. The monoisotopic (exact) mass is 476 g/mol. The number of amides is 2.